The van der Waals surface area contributed by atoms with Crippen molar-refractivity contribution in [3.05, 3.63) is 0 Å². The number of carbonyl (C=O) groups excluding carboxylic acids is 1. The molecular weight excluding hydrogens is 208 g/mol. The molecule has 2 rings (SSSR count). The van der Waals surface area contributed by atoms with Gasteiger partial charge < -0.3 is 20.1 Å². The average Bonchev–Trinajstić information content (AvgIpc) is 2.58. The molecule has 2 fully saturated rings. The van der Waals surface area contributed by atoms with Crippen LogP contribution in [0.25, 0.3) is 0 Å². The Balaban J connectivity index is 2.02. The van der Waals surface area contributed by atoms with E-state index in [4.69, 9.17) is 15.2 Å². The Labute approximate surface area is 95.9 Å². The molecule has 0 aromatic heterocycles. The molecule has 2 atom stereocenters. The molecule has 0 aromatic carbocycles. The lowest BCUT2D eigenvalue weighted by Crippen LogP contribution is -2.56. The lowest BCUT2D eigenvalue weighted by molar-refractivity contribution is -0.137. The van der Waals surface area contributed by atoms with Crippen LogP contribution >= 0.6 is 0 Å². The maximum absolute atomic E-state index is 12.3. The molecule has 0 radical (unpaired) electrons. The first-order chi connectivity index (χ1) is 7.62. The van der Waals surface area contributed by atoms with Gasteiger partial charge in [-0.1, -0.05) is 0 Å². The number of carbonyl (C=O) groups is 1. The molecule has 2 aliphatic heterocycles. The largest absolute Gasteiger partial charge is 0.379 e. The van der Waals surface area contributed by atoms with Crippen LogP contribution < -0.4 is 5.73 Å². The fourth-order valence-electron chi connectivity index (χ4n) is 2.24. The van der Waals surface area contributed by atoms with Crippen molar-refractivity contribution in [2.24, 2.45) is 5.73 Å². The van der Waals surface area contributed by atoms with Crippen LogP contribution in [0.3, 0.4) is 0 Å². The number of nitrogens with two attached hydrogens (primary N) is 1. The van der Waals surface area contributed by atoms with Crippen LogP contribution in [0.5, 0.6) is 0 Å². The normalized spacial score (nSPS) is 36.1. The fraction of sp³-hybridized carbons (Fsp3) is 0.909. The molecule has 5 heteroatoms. The number of nitrogens with zero attached hydrogens (tertiary/aromatic N) is 1. The second-order valence-corrected chi connectivity index (χ2v) is 4.74. The molecule has 2 N–H and O–H groups in total. The molecule has 0 spiro atoms. The first-order valence-electron chi connectivity index (χ1n) is 5.89. The first-order valence-corrected chi connectivity index (χ1v) is 5.89. The number of hydrogen-bond acceptors (Lipinski definition) is 4. The summed E-state index contributed by atoms with van der Waals surface area (Å²) in [6, 6.07) is 0. The van der Waals surface area contributed by atoms with Crippen molar-refractivity contribution in [1.82, 2.24) is 4.90 Å². The maximum Gasteiger partial charge on any atom is 0.245 e. The summed E-state index contributed by atoms with van der Waals surface area (Å²) < 4.78 is 10.7. The van der Waals surface area contributed by atoms with Crippen LogP contribution in [-0.4, -0.2) is 55.4 Å². The van der Waals surface area contributed by atoms with E-state index in [0.29, 0.717) is 26.2 Å². The highest BCUT2D eigenvalue weighted by Gasteiger charge is 2.41. The van der Waals surface area contributed by atoms with E-state index in [9.17, 15) is 4.79 Å². The van der Waals surface area contributed by atoms with Crippen molar-refractivity contribution >= 4 is 5.91 Å². The van der Waals surface area contributed by atoms with Crippen molar-refractivity contribution < 1.29 is 14.3 Å². The Hall–Kier alpha value is -0.650. The van der Waals surface area contributed by atoms with Gasteiger partial charge in [-0.05, 0) is 19.8 Å². The second kappa shape index (κ2) is 4.69. The minimum Gasteiger partial charge on any atom is -0.379 e. The first kappa shape index (κ1) is 11.8. The van der Waals surface area contributed by atoms with E-state index < -0.39 is 5.54 Å². The molecule has 1 amide bonds. The van der Waals surface area contributed by atoms with Gasteiger partial charge in [0.2, 0.25) is 5.91 Å². The van der Waals surface area contributed by atoms with Gasteiger partial charge in [0.05, 0.1) is 12.7 Å². The summed E-state index contributed by atoms with van der Waals surface area (Å²) in [7, 11) is 0. The molecule has 16 heavy (non-hydrogen) atoms. The topological polar surface area (TPSA) is 64.8 Å². The highest BCUT2D eigenvalue weighted by Crippen LogP contribution is 2.20. The zero-order valence-corrected chi connectivity index (χ0v) is 9.78. The van der Waals surface area contributed by atoms with E-state index in [1.165, 1.54) is 0 Å². The van der Waals surface area contributed by atoms with Gasteiger partial charge in [-0.2, -0.15) is 0 Å². The predicted molar refractivity (Wildman–Crippen MR) is 59.0 cm³/mol. The lowest BCUT2D eigenvalue weighted by Gasteiger charge is -2.30. The molecule has 2 aliphatic rings. The van der Waals surface area contributed by atoms with Gasteiger partial charge >= 0.3 is 0 Å². The van der Waals surface area contributed by atoms with Crippen LogP contribution in [0.4, 0.5) is 0 Å². The molecule has 0 aliphatic carbocycles. The van der Waals surface area contributed by atoms with Gasteiger partial charge in [0.15, 0.2) is 0 Å². The number of rotatable bonds is 1. The SMILES string of the molecule is CC1CN(C(=O)C2(N)CCOC2)CCCO1. The molecule has 2 heterocycles. The van der Waals surface area contributed by atoms with Crippen LogP contribution in [0.2, 0.25) is 0 Å². The highest BCUT2D eigenvalue weighted by atomic mass is 16.5. The van der Waals surface area contributed by atoms with Gasteiger partial charge in [-0.3, -0.25) is 4.79 Å². The summed E-state index contributed by atoms with van der Waals surface area (Å²) in [4.78, 5) is 14.1. The highest BCUT2D eigenvalue weighted by molar-refractivity contribution is 5.86. The Morgan fingerprint density at radius 1 is 1.50 bits per heavy atom. The van der Waals surface area contributed by atoms with Crippen molar-refractivity contribution in [3.63, 3.8) is 0 Å². The van der Waals surface area contributed by atoms with Crippen LogP contribution in [0.15, 0.2) is 0 Å². The van der Waals surface area contributed by atoms with Crippen molar-refractivity contribution in [1.29, 1.82) is 0 Å². The molecule has 0 saturated carbocycles. The van der Waals surface area contributed by atoms with Crippen molar-refractivity contribution in [2.75, 3.05) is 32.9 Å². The lowest BCUT2D eigenvalue weighted by atomic mass is 9.98. The molecule has 5 nitrogen and oxygen atoms in total. The van der Waals surface area contributed by atoms with Gasteiger partial charge in [0.25, 0.3) is 0 Å². The van der Waals surface area contributed by atoms with Gasteiger partial charge in [0, 0.05) is 26.3 Å². The molecule has 2 unspecified atom stereocenters. The Morgan fingerprint density at radius 2 is 2.31 bits per heavy atom. The number of ether oxygens (including phenoxy) is 2. The maximum atomic E-state index is 12.3. The van der Waals surface area contributed by atoms with Crippen LogP contribution in [0, 0.1) is 0 Å². The Morgan fingerprint density at radius 3 is 3.00 bits per heavy atom. The van der Waals surface area contributed by atoms with Crippen molar-refractivity contribution in [3.8, 4) is 0 Å². The van der Waals surface area contributed by atoms with E-state index in [2.05, 4.69) is 0 Å². The standard InChI is InChI=1S/C11H20N2O3/c1-9-7-13(4-2-5-16-9)10(14)11(12)3-6-15-8-11/h9H,2-8,12H2,1H3. The third-order valence-electron chi connectivity index (χ3n) is 3.22. The van der Waals surface area contributed by atoms with E-state index in [1.54, 1.807) is 0 Å². The minimum atomic E-state index is -0.802. The van der Waals surface area contributed by atoms with E-state index >= 15 is 0 Å². The Kier molecular flexibility index (Phi) is 3.47. The molecule has 0 aromatic rings. The van der Waals surface area contributed by atoms with E-state index in [-0.39, 0.29) is 12.0 Å². The smallest absolute Gasteiger partial charge is 0.245 e. The second-order valence-electron chi connectivity index (χ2n) is 4.74. The number of amides is 1. The number of hydrogen-bond donors (Lipinski definition) is 1. The third kappa shape index (κ3) is 2.36. The quantitative estimate of drug-likeness (QED) is 0.671. The summed E-state index contributed by atoms with van der Waals surface area (Å²) in [5.41, 5.74) is 5.27. The zero-order chi connectivity index (χ0) is 11.6. The molecule has 2 saturated heterocycles. The van der Waals surface area contributed by atoms with Gasteiger partial charge in [-0.15, -0.1) is 0 Å². The summed E-state index contributed by atoms with van der Waals surface area (Å²) in [5, 5.41) is 0. The zero-order valence-electron chi connectivity index (χ0n) is 9.78. The van der Waals surface area contributed by atoms with E-state index in [0.717, 1.165) is 19.6 Å². The van der Waals surface area contributed by atoms with E-state index in [1.807, 2.05) is 11.8 Å². The predicted octanol–water partition coefficient (Wildman–Crippen LogP) is -0.258. The summed E-state index contributed by atoms with van der Waals surface area (Å²) in [6.07, 6.45) is 1.60. The Bertz CT molecular complexity index is 264. The van der Waals surface area contributed by atoms with Crippen LogP contribution in [-0.2, 0) is 14.3 Å². The minimum absolute atomic E-state index is 0.0161. The monoisotopic (exact) mass is 228 g/mol. The van der Waals surface area contributed by atoms with Gasteiger partial charge in [-0.25, -0.2) is 0 Å². The molecular formula is C11H20N2O3. The van der Waals surface area contributed by atoms with Crippen molar-refractivity contribution in [2.45, 2.75) is 31.4 Å². The summed E-state index contributed by atoms with van der Waals surface area (Å²) in [5.74, 6) is 0.0161. The summed E-state index contributed by atoms with van der Waals surface area (Å²) >= 11 is 0. The summed E-state index contributed by atoms with van der Waals surface area (Å²) in [6.45, 7) is 5.01. The van der Waals surface area contributed by atoms with Crippen LogP contribution in [0.1, 0.15) is 19.8 Å². The molecule has 0 bridgehead atoms. The average molecular weight is 228 g/mol. The van der Waals surface area contributed by atoms with Gasteiger partial charge in [0.1, 0.15) is 5.54 Å². The molecule has 92 valence electrons. The third-order valence-corrected chi connectivity index (χ3v) is 3.22. The fourth-order valence-corrected chi connectivity index (χ4v) is 2.24.